The minimum Gasteiger partial charge on any atom is -0.476 e. The lowest BCUT2D eigenvalue weighted by Gasteiger charge is -2.23. The molecule has 3 rings (SSSR count). The van der Waals surface area contributed by atoms with Crippen LogP contribution < -0.4 is 14.4 Å². The first-order valence-corrected chi connectivity index (χ1v) is 11.5. The highest BCUT2D eigenvalue weighted by atomic mass is 35.5. The molecule has 1 aromatic heterocycles. The summed E-state index contributed by atoms with van der Waals surface area (Å²) >= 11 is 6.22. The number of aromatic nitrogens is 1. The Morgan fingerprint density at radius 3 is 2.52 bits per heavy atom. The Balaban J connectivity index is 1.95. The number of hydrogen-bond acceptors (Lipinski definition) is 5. The zero-order valence-corrected chi connectivity index (χ0v) is 18.7. The Morgan fingerprint density at radius 1 is 1.10 bits per heavy atom. The van der Waals surface area contributed by atoms with Crippen molar-refractivity contribution in [2.24, 2.45) is 0 Å². The van der Waals surface area contributed by atoms with Crippen molar-refractivity contribution in [1.82, 2.24) is 4.98 Å². The number of anilines is 2. The van der Waals surface area contributed by atoms with E-state index < -0.39 is 15.9 Å². The molecule has 0 bridgehead atoms. The van der Waals surface area contributed by atoms with Gasteiger partial charge in [0.25, 0.3) is 15.9 Å². The van der Waals surface area contributed by atoms with Gasteiger partial charge in [-0.25, -0.2) is 13.4 Å². The molecule has 1 N–H and O–H groups in total. The maximum Gasteiger partial charge on any atom is 0.264 e. The minimum atomic E-state index is -3.91. The zero-order chi connectivity index (χ0) is 22.4. The van der Waals surface area contributed by atoms with E-state index in [4.69, 9.17) is 16.3 Å². The predicted octanol–water partition coefficient (Wildman–Crippen LogP) is 4.60. The highest BCUT2D eigenvalue weighted by Crippen LogP contribution is 2.28. The maximum atomic E-state index is 13.3. The van der Waals surface area contributed by atoms with Gasteiger partial charge in [-0.15, -0.1) is 0 Å². The predicted molar refractivity (Wildman–Crippen MR) is 121 cm³/mol. The van der Waals surface area contributed by atoms with Crippen LogP contribution in [0.3, 0.4) is 0 Å². The molecule has 0 radical (unpaired) electrons. The highest BCUT2D eigenvalue weighted by molar-refractivity contribution is 7.92. The largest absolute Gasteiger partial charge is 0.476 e. The molecule has 0 aliphatic heterocycles. The topological polar surface area (TPSA) is 88.6 Å². The first-order valence-electron chi connectivity index (χ1n) is 9.65. The van der Waals surface area contributed by atoms with Gasteiger partial charge in [0.15, 0.2) is 0 Å². The second-order valence-corrected chi connectivity index (χ2v) is 8.66. The van der Waals surface area contributed by atoms with E-state index in [2.05, 4.69) is 10.3 Å². The summed E-state index contributed by atoms with van der Waals surface area (Å²) in [6.07, 6.45) is 1.55. The molecule has 0 atom stereocenters. The van der Waals surface area contributed by atoms with E-state index >= 15 is 0 Å². The number of nitrogens with one attached hydrogen (secondary N) is 1. The lowest BCUT2D eigenvalue weighted by atomic mass is 10.2. The maximum absolute atomic E-state index is 13.3. The van der Waals surface area contributed by atoms with Gasteiger partial charge in [-0.05, 0) is 56.3 Å². The summed E-state index contributed by atoms with van der Waals surface area (Å²) in [6, 6.07) is 16.1. The zero-order valence-electron chi connectivity index (χ0n) is 17.1. The monoisotopic (exact) mass is 459 g/mol. The molecule has 0 aliphatic rings. The molecule has 1 heterocycles. The van der Waals surface area contributed by atoms with Crippen LogP contribution in [0.2, 0.25) is 5.02 Å². The van der Waals surface area contributed by atoms with Crippen LogP contribution >= 0.6 is 11.6 Å². The van der Waals surface area contributed by atoms with Crippen LogP contribution in [-0.4, -0.2) is 32.5 Å². The second-order valence-electron chi connectivity index (χ2n) is 6.39. The quantitative estimate of drug-likeness (QED) is 0.531. The van der Waals surface area contributed by atoms with Gasteiger partial charge in [0.2, 0.25) is 5.88 Å². The van der Waals surface area contributed by atoms with Crippen molar-refractivity contribution >= 4 is 38.9 Å². The number of amides is 1. The third-order valence-corrected chi connectivity index (χ3v) is 6.63. The number of benzene rings is 2. The third kappa shape index (κ3) is 4.98. The van der Waals surface area contributed by atoms with Crippen LogP contribution in [0.5, 0.6) is 5.88 Å². The van der Waals surface area contributed by atoms with Crippen LogP contribution in [0, 0.1) is 0 Å². The van der Waals surface area contributed by atoms with Gasteiger partial charge in [-0.1, -0.05) is 29.8 Å². The number of rotatable bonds is 8. The molecule has 0 unspecified atom stereocenters. The minimum absolute atomic E-state index is 0.0261. The van der Waals surface area contributed by atoms with Gasteiger partial charge in [0.1, 0.15) is 5.69 Å². The van der Waals surface area contributed by atoms with Crippen molar-refractivity contribution in [2.45, 2.75) is 18.7 Å². The van der Waals surface area contributed by atoms with Crippen molar-refractivity contribution in [2.75, 3.05) is 22.8 Å². The molecular weight excluding hydrogens is 438 g/mol. The van der Waals surface area contributed by atoms with Crippen molar-refractivity contribution < 1.29 is 17.9 Å². The van der Waals surface area contributed by atoms with Crippen LogP contribution in [0.15, 0.2) is 71.8 Å². The number of ether oxygens (including phenoxy) is 1. The molecule has 31 heavy (non-hydrogen) atoms. The van der Waals surface area contributed by atoms with Gasteiger partial charge in [-0.3, -0.25) is 9.10 Å². The van der Waals surface area contributed by atoms with E-state index in [0.29, 0.717) is 18.0 Å². The molecular formula is C22H22ClN3O4S. The molecule has 0 saturated carbocycles. The summed E-state index contributed by atoms with van der Waals surface area (Å²) in [4.78, 5) is 16.9. The Hall–Kier alpha value is -3.10. The van der Waals surface area contributed by atoms with E-state index in [-0.39, 0.29) is 27.9 Å². The fraction of sp³-hybridized carbons (Fsp3) is 0.182. The van der Waals surface area contributed by atoms with E-state index in [1.54, 1.807) is 56.4 Å². The fourth-order valence-electron chi connectivity index (χ4n) is 2.98. The first-order chi connectivity index (χ1) is 14.9. The lowest BCUT2D eigenvalue weighted by Crippen LogP contribution is -2.31. The number of para-hydroxylation sites is 1. The number of hydrogen-bond donors (Lipinski definition) is 1. The molecule has 0 fully saturated rings. The van der Waals surface area contributed by atoms with Gasteiger partial charge in [0.05, 0.1) is 27.8 Å². The van der Waals surface area contributed by atoms with Crippen LogP contribution in [-0.2, 0) is 10.0 Å². The number of carbonyl (C=O) groups is 1. The smallest absolute Gasteiger partial charge is 0.264 e. The van der Waals surface area contributed by atoms with Crippen LogP contribution in [0.1, 0.15) is 24.2 Å². The number of halogens is 1. The number of nitrogens with zero attached hydrogens (tertiary/aromatic N) is 2. The van der Waals surface area contributed by atoms with Gasteiger partial charge in [0, 0.05) is 12.7 Å². The average molecular weight is 460 g/mol. The molecule has 162 valence electrons. The summed E-state index contributed by atoms with van der Waals surface area (Å²) in [7, 11) is -3.91. The molecule has 7 nitrogen and oxygen atoms in total. The molecule has 2 aromatic carbocycles. The van der Waals surface area contributed by atoms with Crippen LogP contribution in [0.4, 0.5) is 11.4 Å². The SMILES string of the molecule is CCOc1ncccc1NC(=O)c1cc(S(=O)(=O)N(CC)c2ccccc2)ccc1Cl. The van der Waals surface area contributed by atoms with Gasteiger partial charge < -0.3 is 10.1 Å². The molecule has 1 amide bonds. The van der Waals surface area contributed by atoms with Crippen molar-refractivity contribution in [1.29, 1.82) is 0 Å². The van der Waals surface area contributed by atoms with Crippen LogP contribution in [0.25, 0.3) is 0 Å². The Labute approximate surface area is 186 Å². The molecule has 0 aliphatic carbocycles. The van der Waals surface area contributed by atoms with E-state index in [1.165, 1.54) is 22.5 Å². The summed E-state index contributed by atoms with van der Waals surface area (Å²) < 4.78 is 33.2. The summed E-state index contributed by atoms with van der Waals surface area (Å²) in [5.41, 5.74) is 0.916. The van der Waals surface area contributed by atoms with Crippen molar-refractivity contribution in [3.63, 3.8) is 0 Å². The first kappa shape index (κ1) is 22.6. The Morgan fingerprint density at radius 2 is 1.84 bits per heavy atom. The van der Waals surface area contributed by atoms with E-state index in [9.17, 15) is 13.2 Å². The lowest BCUT2D eigenvalue weighted by molar-refractivity contribution is 0.102. The number of carbonyl (C=O) groups excluding carboxylic acids is 1. The highest BCUT2D eigenvalue weighted by Gasteiger charge is 2.25. The number of sulfonamides is 1. The van der Waals surface area contributed by atoms with Gasteiger partial charge >= 0.3 is 0 Å². The van der Waals surface area contributed by atoms with E-state index in [1.807, 2.05) is 6.07 Å². The fourth-order valence-corrected chi connectivity index (χ4v) is 4.68. The number of pyridine rings is 1. The van der Waals surface area contributed by atoms with Crippen molar-refractivity contribution in [3.8, 4) is 5.88 Å². The summed E-state index contributed by atoms with van der Waals surface area (Å²) in [5, 5.41) is 2.81. The third-order valence-electron chi connectivity index (χ3n) is 4.40. The van der Waals surface area contributed by atoms with Crippen molar-refractivity contribution in [3.05, 3.63) is 77.4 Å². The Kier molecular flexibility index (Phi) is 7.14. The van der Waals surface area contributed by atoms with E-state index in [0.717, 1.165) is 0 Å². The summed E-state index contributed by atoms with van der Waals surface area (Å²) in [5.74, 6) is -0.307. The second kappa shape index (κ2) is 9.80. The molecule has 0 spiro atoms. The summed E-state index contributed by atoms with van der Waals surface area (Å²) in [6.45, 7) is 4.15. The standard InChI is InChI=1S/C22H22ClN3O4S/c1-3-26(16-9-6-5-7-10-16)31(28,29)17-12-13-19(23)18(15-17)21(27)25-20-11-8-14-24-22(20)30-4-2/h5-15H,3-4H2,1-2H3,(H,25,27). The molecule has 9 heteroatoms. The normalized spacial score (nSPS) is 11.1. The average Bonchev–Trinajstić information content (AvgIpc) is 2.76. The van der Waals surface area contributed by atoms with Gasteiger partial charge in [-0.2, -0.15) is 0 Å². The Bertz CT molecular complexity index is 1170. The molecule has 0 saturated heterocycles. The molecule has 3 aromatic rings.